The third-order valence-electron chi connectivity index (χ3n) is 2.27. The molecule has 0 aliphatic rings. The van der Waals surface area contributed by atoms with Gasteiger partial charge >= 0.3 is 12.2 Å². The van der Waals surface area contributed by atoms with Gasteiger partial charge in [0.1, 0.15) is 0 Å². The molecule has 2 rings (SSSR count). The molecule has 6 nitrogen and oxygen atoms in total. The SMILES string of the molecule is O=C(NSSSc1ccccc1)OC(=O)ONSSSc1ccccc1. The first kappa shape index (κ1) is 21.5. The molecule has 0 bridgehead atoms. The predicted octanol–water partition coefficient (Wildman–Crippen LogP) is 6.36. The maximum absolute atomic E-state index is 11.4. The standard InChI is InChI=1S/C14H12N2O4S6/c17-13(15-23-25-21-11-7-3-1-4-8-11)19-14(18)20-16-24-26-22-12-9-5-2-6-10-12/h1-10,16H,(H,15,17). The summed E-state index contributed by atoms with van der Waals surface area (Å²) in [5, 5.41) is 0. The van der Waals surface area contributed by atoms with Gasteiger partial charge in [-0.1, -0.05) is 41.3 Å². The van der Waals surface area contributed by atoms with E-state index in [9.17, 15) is 9.59 Å². The molecule has 0 saturated heterocycles. The molecule has 0 radical (unpaired) electrons. The van der Waals surface area contributed by atoms with Crippen molar-refractivity contribution >= 4 is 75.4 Å². The zero-order valence-electron chi connectivity index (χ0n) is 12.9. The Morgan fingerprint density at radius 2 is 1.31 bits per heavy atom. The molecule has 0 heterocycles. The molecule has 0 atom stereocenters. The maximum atomic E-state index is 11.4. The van der Waals surface area contributed by atoms with E-state index in [1.807, 2.05) is 60.7 Å². The molecule has 0 saturated carbocycles. The summed E-state index contributed by atoms with van der Waals surface area (Å²) >= 11 is 0. The van der Waals surface area contributed by atoms with Crippen LogP contribution < -0.4 is 9.61 Å². The normalized spacial score (nSPS) is 10.2. The zero-order valence-corrected chi connectivity index (χ0v) is 17.8. The molecule has 26 heavy (non-hydrogen) atoms. The molecule has 2 aromatic rings. The minimum absolute atomic E-state index is 0.903. The van der Waals surface area contributed by atoms with Crippen LogP contribution in [0, 0.1) is 0 Å². The topological polar surface area (TPSA) is 76.7 Å². The lowest BCUT2D eigenvalue weighted by Crippen LogP contribution is -2.23. The summed E-state index contributed by atoms with van der Waals surface area (Å²) in [6.07, 6.45) is -2.04. The van der Waals surface area contributed by atoms with E-state index in [0.29, 0.717) is 0 Å². The Balaban J connectivity index is 1.47. The fraction of sp³-hybridized carbons (Fsp3) is 0. The summed E-state index contributed by atoms with van der Waals surface area (Å²) in [5.41, 5.74) is 0. The van der Waals surface area contributed by atoms with Crippen LogP contribution in [0.2, 0.25) is 0 Å². The lowest BCUT2D eigenvalue weighted by atomic mass is 10.4. The fourth-order valence-corrected chi connectivity index (χ4v) is 6.75. The Hall–Kier alpha value is -0.760. The number of ether oxygens (including phenoxy) is 1. The maximum Gasteiger partial charge on any atom is 0.537 e. The number of rotatable bonds is 9. The van der Waals surface area contributed by atoms with Crippen molar-refractivity contribution in [2.45, 2.75) is 9.79 Å². The van der Waals surface area contributed by atoms with Crippen LogP contribution >= 0.6 is 63.2 Å². The van der Waals surface area contributed by atoms with Crippen LogP contribution in [0.3, 0.4) is 0 Å². The highest BCUT2D eigenvalue weighted by Crippen LogP contribution is 2.39. The molecular formula is C14H12N2O4S6. The van der Waals surface area contributed by atoms with Gasteiger partial charge in [0, 0.05) is 41.6 Å². The molecule has 0 aliphatic heterocycles. The van der Waals surface area contributed by atoms with E-state index >= 15 is 0 Å². The van der Waals surface area contributed by atoms with Gasteiger partial charge < -0.3 is 9.57 Å². The van der Waals surface area contributed by atoms with Crippen LogP contribution in [-0.4, -0.2) is 12.2 Å². The van der Waals surface area contributed by atoms with Crippen LogP contribution in [0.25, 0.3) is 0 Å². The number of benzene rings is 2. The average molecular weight is 465 g/mol. The smallest absolute Gasteiger partial charge is 0.341 e. The largest absolute Gasteiger partial charge is 0.537 e. The van der Waals surface area contributed by atoms with Gasteiger partial charge in [-0.15, -0.1) is 0 Å². The van der Waals surface area contributed by atoms with Crippen molar-refractivity contribution in [3.63, 3.8) is 0 Å². The monoisotopic (exact) mass is 464 g/mol. The Kier molecular flexibility index (Phi) is 11.1. The molecular weight excluding hydrogens is 453 g/mol. The molecule has 0 spiro atoms. The molecule has 2 N–H and O–H groups in total. The third-order valence-corrected chi connectivity index (χ3v) is 8.75. The lowest BCUT2D eigenvalue weighted by molar-refractivity contribution is 0.0644. The number of carbonyl (C=O) groups excluding carboxylic acids is 2. The molecule has 138 valence electrons. The number of carbonyl (C=O) groups is 2. The summed E-state index contributed by atoms with van der Waals surface area (Å²) < 4.78 is 6.78. The first-order chi connectivity index (χ1) is 12.7. The predicted molar refractivity (Wildman–Crippen MR) is 114 cm³/mol. The molecule has 12 heteroatoms. The summed E-state index contributed by atoms with van der Waals surface area (Å²) in [4.78, 5) is 31.8. The van der Waals surface area contributed by atoms with Gasteiger partial charge in [-0.05, 0) is 55.7 Å². The van der Waals surface area contributed by atoms with E-state index in [-0.39, 0.29) is 0 Å². The molecule has 2 aromatic carbocycles. The van der Waals surface area contributed by atoms with Crippen LogP contribution in [0.1, 0.15) is 0 Å². The van der Waals surface area contributed by atoms with Crippen LogP contribution in [-0.2, 0) is 9.57 Å². The second kappa shape index (κ2) is 13.4. The highest BCUT2D eigenvalue weighted by molar-refractivity contribution is 9.09. The Morgan fingerprint density at radius 1 is 0.769 bits per heavy atom. The minimum atomic E-state index is -1.14. The van der Waals surface area contributed by atoms with E-state index in [0.717, 1.165) is 31.8 Å². The summed E-state index contributed by atoms with van der Waals surface area (Å²) in [6, 6.07) is 19.4. The summed E-state index contributed by atoms with van der Waals surface area (Å²) in [5.74, 6) is 0. The van der Waals surface area contributed by atoms with Crippen molar-refractivity contribution in [3.05, 3.63) is 60.7 Å². The molecule has 0 aliphatic carbocycles. The van der Waals surface area contributed by atoms with Crippen molar-refractivity contribution in [3.8, 4) is 0 Å². The molecule has 1 amide bonds. The number of hydrogen-bond donors (Lipinski definition) is 2. The van der Waals surface area contributed by atoms with Crippen LogP contribution in [0.15, 0.2) is 70.5 Å². The van der Waals surface area contributed by atoms with Gasteiger partial charge in [0.2, 0.25) is 0 Å². The lowest BCUT2D eigenvalue weighted by Gasteiger charge is -2.05. The number of amides is 1. The molecule has 0 unspecified atom stereocenters. The first-order valence-corrected chi connectivity index (χ1v) is 13.7. The fourth-order valence-electron chi connectivity index (χ4n) is 1.30. The van der Waals surface area contributed by atoms with Gasteiger partial charge in [-0.3, -0.25) is 4.72 Å². The summed E-state index contributed by atoms with van der Waals surface area (Å²) in [6.45, 7) is 0. The second-order valence-corrected chi connectivity index (χ2v) is 11.5. The van der Waals surface area contributed by atoms with Crippen LogP contribution in [0.4, 0.5) is 9.59 Å². The Bertz CT molecular complexity index is 680. The highest BCUT2D eigenvalue weighted by atomic mass is 33.5. The van der Waals surface area contributed by atoms with Gasteiger partial charge in [0.25, 0.3) is 0 Å². The van der Waals surface area contributed by atoms with Crippen molar-refractivity contribution in [1.29, 1.82) is 0 Å². The number of hydrogen-bond acceptors (Lipinski definition) is 11. The molecule has 0 aromatic heterocycles. The first-order valence-electron chi connectivity index (χ1n) is 6.78. The zero-order chi connectivity index (χ0) is 18.5. The average Bonchev–Trinajstić information content (AvgIpc) is 2.66. The highest BCUT2D eigenvalue weighted by Gasteiger charge is 2.12. The van der Waals surface area contributed by atoms with E-state index in [1.54, 1.807) is 0 Å². The second-order valence-electron chi connectivity index (χ2n) is 4.02. The Labute approximate surface area is 173 Å². The Morgan fingerprint density at radius 3 is 1.88 bits per heavy atom. The van der Waals surface area contributed by atoms with Crippen LogP contribution in [0.5, 0.6) is 0 Å². The third kappa shape index (κ3) is 9.80. The number of nitrogens with one attached hydrogen (secondary N) is 2. The van der Waals surface area contributed by atoms with E-state index < -0.39 is 12.2 Å². The van der Waals surface area contributed by atoms with Crippen molar-refractivity contribution in [1.82, 2.24) is 9.61 Å². The summed E-state index contributed by atoms with van der Waals surface area (Å²) in [7, 11) is 7.78. The van der Waals surface area contributed by atoms with Gasteiger partial charge in [0.05, 0.1) is 0 Å². The van der Waals surface area contributed by atoms with Crippen molar-refractivity contribution < 1.29 is 19.2 Å². The van der Waals surface area contributed by atoms with E-state index in [4.69, 9.17) is 0 Å². The van der Waals surface area contributed by atoms with Gasteiger partial charge in [-0.2, -0.15) is 0 Å². The van der Waals surface area contributed by atoms with Crippen molar-refractivity contribution in [2.75, 3.05) is 0 Å². The minimum Gasteiger partial charge on any atom is -0.341 e. The van der Waals surface area contributed by atoms with E-state index in [2.05, 4.69) is 19.2 Å². The van der Waals surface area contributed by atoms with E-state index in [1.165, 1.54) is 41.2 Å². The van der Waals surface area contributed by atoms with Gasteiger partial charge in [0.15, 0.2) is 0 Å². The molecule has 0 fully saturated rings. The van der Waals surface area contributed by atoms with Crippen molar-refractivity contribution in [2.24, 2.45) is 0 Å². The quantitative estimate of drug-likeness (QED) is 0.109. The van der Waals surface area contributed by atoms with Gasteiger partial charge in [-0.25, -0.2) is 9.59 Å².